The summed E-state index contributed by atoms with van der Waals surface area (Å²) < 4.78 is 0. The van der Waals surface area contributed by atoms with Crippen LogP contribution in [0.25, 0.3) is 0 Å². The fraction of sp³-hybridized carbons (Fsp3) is 0.875. The fourth-order valence-corrected chi connectivity index (χ4v) is 0.957. The maximum absolute atomic E-state index is 10.4. The molecule has 0 unspecified atom stereocenters. The largest absolute Gasteiger partial charge is 0.396 e. The van der Waals surface area contributed by atoms with Crippen LogP contribution in [0, 0.1) is 0 Å². The smallest absolute Gasteiger partial charge is 0.342 e. The third kappa shape index (κ3) is 7.50. The van der Waals surface area contributed by atoms with E-state index in [0.717, 1.165) is 32.1 Å². The van der Waals surface area contributed by atoms with Crippen molar-refractivity contribution in [3.05, 3.63) is 0 Å². The molecule has 4 nitrogen and oxygen atoms in total. The molecule has 0 fully saturated rings. The number of aliphatic hydroxyl groups excluding tert-OH is 1. The summed E-state index contributed by atoms with van der Waals surface area (Å²) in [6.45, 7) is 0.235. The van der Waals surface area contributed by atoms with Gasteiger partial charge in [0, 0.05) is 13.0 Å². The highest BCUT2D eigenvalue weighted by Crippen LogP contribution is 2.05. The molecule has 0 saturated heterocycles. The fourth-order valence-electron chi connectivity index (χ4n) is 0.957. The van der Waals surface area contributed by atoms with E-state index >= 15 is 0 Å². The van der Waals surface area contributed by atoms with E-state index in [1.165, 1.54) is 0 Å². The van der Waals surface area contributed by atoms with Gasteiger partial charge in [-0.2, -0.15) is 5.26 Å². The van der Waals surface area contributed by atoms with Gasteiger partial charge in [0.15, 0.2) is 0 Å². The van der Waals surface area contributed by atoms with Crippen LogP contribution in [-0.4, -0.2) is 22.9 Å². The molecule has 0 spiro atoms. The molecule has 0 radical (unpaired) electrons. The topological polar surface area (TPSA) is 66.8 Å². The SMILES string of the molecule is O=C(CCCCCCCO)OO. The molecule has 0 aromatic heterocycles. The molecule has 72 valence electrons. The van der Waals surface area contributed by atoms with Crippen LogP contribution in [-0.2, 0) is 9.68 Å². The molecule has 12 heavy (non-hydrogen) atoms. The lowest BCUT2D eigenvalue weighted by Crippen LogP contribution is -1.99. The average Bonchev–Trinajstić information content (AvgIpc) is 2.10. The Morgan fingerprint density at radius 2 is 1.67 bits per heavy atom. The van der Waals surface area contributed by atoms with Crippen molar-refractivity contribution in [3.8, 4) is 0 Å². The van der Waals surface area contributed by atoms with Gasteiger partial charge in [0.05, 0.1) is 0 Å². The van der Waals surface area contributed by atoms with Crippen LogP contribution in [0.3, 0.4) is 0 Å². The lowest BCUT2D eigenvalue weighted by molar-refractivity contribution is -0.234. The first-order valence-corrected chi connectivity index (χ1v) is 4.26. The quantitative estimate of drug-likeness (QED) is 0.349. The lowest BCUT2D eigenvalue weighted by Gasteiger charge is -1.98. The number of hydrogen-bond donors (Lipinski definition) is 2. The van der Waals surface area contributed by atoms with Crippen molar-refractivity contribution in [3.63, 3.8) is 0 Å². The summed E-state index contributed by atoms with van der Waals surface area (Å²) >= 11 is 0. The van der Waals surface area contributed by atoms with Crippen LogP contribution in [0.4, 0.5) is 0 Å². The summed E-state index contributed by atoms with van der Waals surface area (Å²) in [5.74, 6) is -0.572. The van der Waals surface area contributed by atoms with Gasteiger partial charge in [0.1, 0.15) is 0 Å². The summed E-state index contributed by atoms with van der Waals surface area (Å²) in [5, 5.41) is 16.3. The zero-order chi connectivity index (χ0) is 9.23. The molecule has 0 bridgehead atoms. The Morgan fingerprint density at radius 3 is 2.25 bits per heavy atom. The van der Waals surface area contributed by atoms with E-state index < -0.39 is 5.97 Å². The monoisotopic (exact) mass is 176 g/mol. The van der Waals surface area contributed by atoms with Crippen LogP contribution < -0.4 is 0 Å². The van der Waals surface area contributed by atoms with Crippen molar-refractivity contribution in [2.24, 2.45) is 0 Å². The number of hydrogen-bond acceptors (Lipinski definition) is 4. The summed E-state index contributed by atoms with van der Waals surface area (Å²) in [6.07, 6.45) is 4.78. The van der Waals surface area contributed by atoms with Gasteiger partial charge in [-0.3, -0.25) is 0 Å². The first-order valence-electron chi connectivity index (χ1n) is 4.26. The van der Waals surface area contributed by atoms with Gasteiger partial charge in [0.25, 0.3) is 0 Å². The Hall–Kier alpha value is -0.610. The zero-order valence-electron chi connectivity index (χ0n) is 7.16. The van der Waals surface area contributed by atoms with Crippen LogP contribution in [0.2, 0.25) is 0 Å². The summed E-state index contributed by atoms with van der Waals surface area (Å²) in [7, 11) is 0. The second-order valence-corrected chi connectivity index (χ2v) is 2.70. The van der Waals surface area contributed by atoms with E-state index in [9.17, 15) is 4.79 Å². The Bertz CT molecular complexity index is 114. The van der Waals surface area contributed by atoms with Gasteiger partial charge in [-0.25, -0.2) is 4.79 Å². The van der Waals surface area contributed by atoms with E-state index in [1.54, 1.807) is 0 Å². The third-order valence-corrected chi connectivity index (χ3v) is 1.64. The molecule has 0 rings (SSSR count). The molecular weight excluding hydrogens is 160 g/mol. The van der Waals surface area contributed by atoms with E-state index in [-0.39, 0.29) is 13.0 Å². The minimum absolute atomic E-state index is 0.235. The molecule has 0 aromatic rings. The highest BCUT2D eigenvalue weighted by atomic mass is 17.1. The lowest BCUT2D eigenvalue weighted by atomic mass is 10.1. The molecule has 0 amide bonds. The molecule has 0 aliphatic carbocycles. The predicted octanol–water partition coefficient (Wildman–Crippen LogP) is 1.34. The number of carbonyl (C=O) groups is 1. The van der Waals surface area contributed by atoms with Crippen molar-refractivity contribution in [1.82, 2.24) is 0 Å². The van der Waals surface area contributed by atoms with Crippen molar-refractivity contribution >= 4 is 5.97 Å². The summed E-state index contributed by atoms with van der Waals surface area (Å²) in [5.41, 5.74) is 0. The van der Waals surface area contributed by atoms with Crippen molar-refractivity contribution in [2.75, 3.05) is 6.61 Å². The molecule has 4 heteroatoms. The van der Waals surface area contributed by atoms with Gasteiger partial charge < -0.3 is 9.99 Å². The molecule has 0 aliphatic heterocycles. The molecule has 0 aromatic carbocycles. The standard InChI is InChI=1S/C8H16O4/c9-7-5-3-1-2-4-6-8(10)12-11/h9,11H,1-7H2. The maximum atomic E-state index is 10.4. The average molecular weight is 176 g/mol. The van der Waals surface area contributed by atoms with Crippen LogP contribution >= 0.6 is 0 Å². The van der Waals surface area contributed by atoms with Crippen molar-refractivity contribution < 1.29 is 20.0 Å². The second-order valence-electron chi connectivity index (χ2n) is 2.70. The minimum Gasteiger partial charge on any atom is -0.396 e. The summed E-state index contributed by atoms with van der Waals surface area (Å²) in [6, 6.07) is 0. The molecule has 0 heterocycles. The number of carbonyl (C=O) groups excluding carboxylic acids is 1. The van der Waals surface area contributed by atoms with Gasteiger partial charge in [-0.15, -0.1) is 0 Å². The zero-order valence-corrected chi connectivity index (χ0v) is 7.16. The Balaban J connectivity index is 2.95. The summed E-state index contributed by atoms with van der Waals surface area (Å²) in [4.78, 5) is 13.9. The third-order valence-electron chi connectivity index (χ3n) is 1.64. The first-order chi connectivity index (χ1) is 5.81. The highest BCUT2D eigenvalue weighted by molar-refractivity contribution is 5.68. The van der Waals surface area contributed by atoms with Gasteiger partial charge in [-0.05, 0) is 12.8 Å². The second kappa shape index (κ2) is 8.49. The number of rotatable bonds is 7. The Kier molecular flexibility index (Phi) is 8.05. The van der Waals surface area contributed by atoms with E-state index in [4.69, 9.17) is 10.4 Å². The van der Waals surface area contributed by atoms with E-state index in [0.29, 0.717) is 0 Å². The normalized spacial score (nSPS) is 9.83. The number of unbranched alkanes of at least 4 members (excludes halogenated alkanes) is 4. The van der Waals surface area contributed by atoms with Gasteiger partial charge >= 0.3 is 5.97 Å². The van der Waals surface area contributed by atoms with E-state index in [1.807, 2.05) is 0 Å². The predicted molar refractivity (Wildman–Crippen MR) is 43.5 cm³/mol. The first kappa shape index (κ1) is 11.4. The van der Waals surface area contributed by atoms with Crippen LogP contribution in [0.1, 0.15) is 38.5 Å². The maximum Gasteiger partial charge on any atom is 0.342 e. The Morgan fingerprint density at radius 1 is 1.08 bits per heavy atom. The van der Waals surface area contributed by atoms with Crippen LogP contribution in [0.5, 0.6) is 0 Å². The molecule has 2 N–H and O–H groups in total. The highest BCUT2D eigenvalue weighted by Gasteiger charge is 2.00. The van der Waals surface area contributed by atoms with Crippen LogP contribution in [0.15, 0.2) is 0 Å². The molecule has 0 saturated carbocycles. The van der Waals surface area contributed by atoms with Gasteiger partial charge in [-0.1, -0.05) is 19.3 Å². The number of aliphatic hydroxyl groups is 1. The minimum atomic E-state index is -0.572. The molecule has 0 atom stereocenters. The van der Waals surface area contributed by atoms with Crippen molar-refractivity contribution in [2.45, 2.75) is 38.5 Å². The van der Waals surface area contributed by atoms with E-state index in [2.05, 4.69) is 4.89 Å². The Labute approximate surface area is 72.1 Å². The molecule has 0 aliphatic rings. The molecular formula is C8H16O4. The van der Waals surface area contributed by atoms with Gasteiger partial charge in [0.2, 0.25) is 0 Å². The van der Waals surface area contributed by atoms with Crippen molar-refractivity contribution in [1.29, 1.82) is 0 Å².